The molecule has 2 amide bonds. The zero-order chi connectivity index (χ0) is 22.2. The van der Waals surface area contributed by atoms with Crippen LogP contribution in [-0.2, 0) is 21.1 Å². The Balaban J connectivity index is 1.38. The highest BCUT2D eigenvalue weighted by Gasteiger charge is 2.48. The number of hydrogen-bond donors (Lipinski definition) is 0. The van der Waals surface area contributed by atoms with Gasteiger partial charge in [0.15, 0.2) is 5.76 Å². The van der Waals surface area contributed by atoms with Crippen LogP contribution in [0.3, 0.4) is 0 Å². The third kappa shape index (κ3) is 4.75. The molecule has 1 unspecified atom stereocenters. The largest absolute Gasteiger partial charge is 0.454 e. The lowest BCUT2D eigenvalue weighted by Gasteiger charge is -2.48. The van der Waals surface area contributed by atoms with Crippen molar-refractivity contribution in [3.8, 4) is 0 Å². The summed E-state index contributed by atoms with van der Waals surface area (Å²) in [7, 11) is 1.13. The molecule has 7 nitrogen and oxygen atoms in total. The number of amides is 2. The maximum atomic E-state index is 13.3. The van der Waals surface area contributed by atoms with E-state index in [1.54, 1.807) is 18.4 Å². The first-order valence-corrected chi connectivity index (χ1v) is 13.5. The molecule has 0 N–H and O–H groups in total. The molecule has 0 aromatic carbocycles. The maximum Gasteiger partial charge on any atom is 0.320 e. The Bertz CT molecular complexity index is 930. The lowest BCUT2D eigenvalue weighted by molar-refractivity contribution is -0.149. The maximum absolute atomic E-state index is 13.3. The molecule has 1 atom stereocenters. The Morgan fingerprint density at radius 2 is 1.74 bits per heavy atom. The van der Waals surface area contributed by atoms with Gasteiger partial charge in [-0.3, -0.25) is 9.59 Å². The molecule has 0 radical (unpaired) electrons. The molecular weight excluding hydrogens is 414 g/mol. The van der Waals surface area contributed by atoms with E-state index in [-0.39, 0.29) is 16.4 Å². The molecule has 5 rings (SSSR count). The van der Waals surface area contributed by atoms with Crippen LogP contribution in [0.25, 0.3) is 0 Å². The summed E-state index contributed by atoms with van der Waals surface area (Å²) in [5.41, 5.74) is -0.140. The zero-order valence-corrected chi connectivity index (χ0v) is 19.8. The summed E-state index contributed by atoms with van der Waals surface area (Å²) in [6.07, 6.45) is 9.48. The van der Waals surface area contributed by atoms with Gasteiger partial charge in [0.1, 0.15) is 5.76 Å². The van der Waals surface area contributed by atoms with Gasteiger partial charge in [0.25, 0.3) is 0 Å². The number of likely N-dealkylation sites (tertiary alicyclic amines) is 1. The van der Waals surface area contributed by atoms with Crippen molar-refractivity contribution in [3.63, 3.8) is 0 Å². The van der Waals surface area contributed by atoms with Gasteiger partial charge in [0.2, 0.25) is 5.91 Å². The molecule has 172 valence electrons. The van der Waals surface area contributed by atoms with Crippen molar-refractivity contribution >= 4 is 21.5 Å². The van der Waals surface area contributed by atoms with Crippen LogP contribution in [0.4, 0.5) is 0 Å². The van der Waals surface area contributed by atoms with Crippen LogP contribution >= 0.6 is 0 Å². The number of rotatable bonds is 5. The van der Waals surface area contributed by atoms with Gasteiger partial charge in [-0.05, 0) is 83.5 Å². The van der Waals surface area contributed by atoms with Crippen LogP contribution in [0.2, 0.25) is 0 Å². The SMILES string of the molecule is CN(C)Cc1ccc(C(=O)N=S(C)(=O)C2CCN(C(=O)C34CCC(CC3)CC4)CC2)o1. The van der Waals surface area contributed by atoms with Crippen LogP contribution < -0.4 is 0 Å². The monoisotopic (exact) mass is 449 g/mol. The molecule has 1 saturated heterocycles. The lowest BCUT2D eigenvalue weighted by atomic mass is 9.60. The second-order valence-corrected chi connectivity index (χ2v) is 12.6. The van der Waals surface area contributed by atoms with Crippen LogP contribution in [0.15, 0.2) is 20.9 Å². The zero-order valence-electron chi connectivity index (χ0n) is 19.0. The third-order valence-electron chi connectivity index (χ3n) is 7.50. The van der Waals surface area contributed by atoms with Gasteiger partial charge in [-0.25, -0.2) is 4.21 Å². The van der Waals surface area contributed by atoms with Crippen LogP contribution in [0, 0.1) is 11.3 Å². The summed E-state index contributed by atoms with van der Waals surface area (Å²) in [5, 5.41) is -0.184. The summed E-state index contributed by atoms with van der Waals surface area (Å²) < 4.78 is 22.9. The fraction of sp³-hybridized carbons (Fsp3) is 0.739. The van der Waals surface area contributed by atoms with Crippen LogP contribution in [0.1, 0.15) is 67.7 Å². The summed E-state index contributed by atoms with van der Waals surface area (Å²) >= 11 is 0. The van der Waals surface area contributed by atoms with E-state index in [2.05, 4.69) is 4.36 Å². The van der Waals surface area contributed by atoms with Gasteiger partial charge in [-0.15, -0.1) is 0 Å². The van der Waals surface area contributed by atoms with E-state index in [4.69, 9.17) is 4.42 Å². The molecule has 2 heterocycles. The first kappa shape index (κ1) is 22.5. The van der Waals surface area contributed by atoms with Gasteiger partial charge in [-0.1, -0.05) is 0 Å². The Hall–Kier alpha value is -1.67. The fourth-order valence-corrected chi connectivity index (χ4v) is 7.23. The summed E-state index contributed by atoms with van der Waals surface area (Å²) in [6.45, 7) is 1.80. The van der Waals surface area contributed by atoms with E-state index in [0.29, 0.717) is 44.1 Å². The minimum Gasteiger partial charge on any atom is -0.454 e. The number of carbonyl (C=O) groups is 2. The molecule has 3 aliphatic carbocycles. The Morgan fingerprint density at radius 1 is 1.13 bits per heavy atom. The predicted molar refractivity (Wildman–Crippen MR) is 120 cm³/mol. The molecule has 4 fully saturated rings. The predicted octanol–water partition coefficient (Wildman–Crippen LogP) is 3.54. The lowest BCUT2D eigenvalue weighted by Crippen LogP contribution is -2.51. The van der Waals surface area contributed by atoms with Gasteiger partial charge in [0.05, 0.1) is 16.3 Å². The van der Waals surface area contributed by atoms with E-state index >= 15 is 0 Å². The molecule has 3 saturated carbocycles. The molecule has 4 aliphatic rings. The highest BCUT2D eigenvalue weighted by Crippen LogP contribution is 2.51. The molecule has 1 aromatic heterocycles. The highest BCUT2D eigenvalue weighted by atomic mass is 32.2. The summed E-state index contributed by atoms with van der Waals surface area (Å²) in [6, 6.07) is 3.35. The van der Waals surface area contributed by atoms with E-state index in [1.807, 2.05) is 23.9 Å². The van der Waals surface area contributed by atoms with Gasteiger partial charge < -0.3 is 14.2 Å². The second-order valence-electron chi connectivity index (χ2n) is 10.0. The van der Waals surface area contributed by atoms with E-state index in [1.165, 1.54) is 19.3 Å². The average molecular weight is 450 g/mol. The fourth-order valence-electron chi connectivity index (χ4n) is 5.58. The smallest absolute Gasteiger partial charge is 0.320 e. The van der Waals surface area contributed by atoms with Crippen molar-refractivity contribution in [2.45, 2.75) is 63.2 Å². The van der Waals surface area contributed by atoms with E-state index < -0.39 is 15.6 Å². The number of piperidine rings is 1. The van der Waals surface area contributed by atoms with Crippen LogP contribution in [-0.4, -0.2) is 64.5 Å². The molecule has 2 bridgehead atoms. The van der Waals surface area contributed by atoms with E-state index in [9.17, 15) is 13.8 Å². The minimum absolute atomic E-state index is 0.131. The van der Waals surface area contributed by atoms with Gasteiger partial charge in [-0.2, -0.15) is 4.36 Å². The van der Waals surface area contributed by atoms with Crippen molar-refractivity contribution < 1.29 is 18.2 Å². The first-order chi connectivity index (χ1) is 14.7. The number of carbonyl (C=O) groups excluding carboxylic acids is 2. The van der Waals surface area contributed by atoms with Crippen LogP contribution in [0.5, 0.6) is 0 Å². The number of hydrogen-bond acceptors (Lipinski definition) is 5. The molecule has 8 heteroatoms. The second kappa shape index (κ2) is 8.70. The number of nitrogens with zero attached hydrogens (tertiary/aromatic N) is 3. The molecule has 1 aromatic rings. The molecule has 31 heavy (non-hydrogen) atoms. The molecule has 1 aliphatic heterocycles. The third-order valence-corrected chi connectivity index (χ3v) is 9.74. The normalized spacial score (nSPS) is 28.5. The number of furan rings is 1. The van der Waals surface area contributed by atoms with Gasteiger partial charge >= 0.3 is 5.91 Å². The van der Waals surface area contributed by atoms with Crippen molar-refractivity contribution in [3.05, 3.63) is 23.7 Å². The van der Waals surface area contributed by atoms with Crippen molar-refractivity contribution in [2.75, 3.05) is 33.4 Å². The summed E-state index contributed by atoms with van der Waals surface area (Å²) in [4.78, 5) is 29.8. The Morgan fingerprint density at radius 3 is 2.32 bits per heavy atom. The molecule has 0 spiro atoms. The first-order valence-electron chi connectivity index (χ1n) is 11.5. The van der Waals surface area contributed by atoms with Crippen molar-refractivity contribution in [2.24, 2.45) is 15.7 Å². The summed E-state index contributed by atoms with van der Waals surface area (Å²) in [5.74, 6) is 1.38. The Labute approximate surface area is 185 Å². The molecular formula is C23H35N3O4S. The minimum atomic E-state index is -2.71. The van der Waals surface area contributed by atoms with Crippen molar-refractivity contribution in [1.29, 1.82) is 0 Å². The van der Waals surface area contributed by atoms with Crippen molar-refractivity contribution in [1.82, 2.24) is 9.80 Å². The number of fused-ring (bicyclic) bond motifs is 3. The topological polar surface area (TPSA) is 83.2 Å². The average Bonchev–Trinajstić information content (AvgIpc) is 3.22. The van der Waals surface area contributed by atoms with Gasteiger partial charge in [0, 0.05) is 30.0 Å². The van der Waals surface area contributed by atoms with E-state index in [0.717, 1.165) is 25.2 Å². The Kier molecular flexibility index (Phi) is 6.32. The quantitative estimate of drug-likeness (QED) is 0.687. The standard InChI is InChI=1S/C23H35N3O4S/c1-25(2)16-18-4-5-20(30-18)21(27)24-31(3,29)19-9-14-26(15-10-19)22(28)23-11-6-17(7-12-23)8-13-23/h4-5,17,19H,6-16H2,1-3H3. The highest BCUT2D eigenvalue weighted by molar-refractivity contribution is 7.93.